The first-order chi connectivity index (χ1) is 34.8. The molecule has 1 saturated carbocycles. The van der Waals surface area contributed by atoms with E-state index < -0.39 is 51.7 Å². The molecular formula is C56H71F3N8O6S. The number of carbonyl (C=O) groups excluding carboxylic acids is 4. The highest BCUT2D eigenvalue weighted by atomic mass is 32.1. The largest absolute Gasteiger partial charge is 0.489 e. The van der Waals surface area contributed by atoms with Crippen LogP contribution < -0.4 is 20.7 Å². The minimum absolute atomic E-state index is 0.0110. The zero-order valence-corrected chi connectivity index (χ0v) is 45.0. The van der Waals surface area contributed by atoms with Crippen molar-refractivity contribution >= 4 is 35.0 Å². The first-order valence-electron chi connectivity index (χ1n) is 25.4. The number of thiazole rings is 1. The summed E-state index contributed by atoms with van der Waals surface area (Å²) in [5.41, 5.74) is 2.98. The van der Waals surface area contributed by atoms with E-state index in [4.69, 9.17) is 9.47 Å². The van der Waals surface area contributed by atoms with Gasteiger partial charge in [0.1, 0.15) is 23.9 Å². The van der Waals surface area contributed by atoms with Crippen molar-refractivity contribution in [3.8, 4) is 22.3 Å². The highest BCUT2D eigenvalue weighted by Crippen LogP contribution is 2.56. The van der Waals surface area contributed by atoms with E-state index in [2.05, 4.69) is 30.7 Å². The summed E-state index contributed by atoms with van der Waals surface area (Å²) in [6.45, 7) is 21.5. The van der Waals surface area contributed by atoms with Crippen LogP contribution in [-0.2, 0) is 31.7 Å². The Labute approximate surface area is 437 Å². The number of hydrogen-bond acceptors (Lipinski definition) is 11. The van der Waals surface area contributed by atoms with Crippen molar-refractivity contribution in [2.24, 2.45) is 16.2 Å². The summed E-state index contributed by atoms with van der Waals surface area (Å²) >= 11 is 1.58. The Morgan fingerprint density at radius 2 is 1.57 bits per heavy atom. The highest BCUT2D eigenvalue weighted by Gasteiger charge is 2.64. The van der Waals surface area contributed by atoms with Crippen molar-refractivity contribution in [2.75, 3.05) is 52.9 Å². The summed E-state index contributed by atoms with van der Waals surface area (Å²) in [6, 6.07) is 18.2. The smallest absolute Gasteiger partial charge is 0.417 e. The molecule has 4 amide bonds. The lowest BCUT2D eigenvalue weighted by atomic mass is 9.49. The number of hydrogen-bond donors (Lipinski definition) is 3. The third kappa shape index (κ3) is 12.6. The van der Waals surface area contributed by atoms with Gasteiger partial charge in [-0.15, -0.1) is 11.3 Å². The minimum Gasteiger partial charge on any atom is -0.489 e. The van der Waals surface area contributed by atoms with Crippen LogP contribution in [0.15, 0.2) is 72.2 Å². The Bertz CT molecular complexity index is 2670. The Kier molecular flexibility index (Phi) is 17.0. The molecule has 3 N–H and O–H groups in total. The molecule has 14 nitrogen and oxygen atoms in total. The molecule has 4 atom stereocenters. The van der Waals surface area contributed by atoms with Gasteiger partial charge in [-0.1, -0.05) is 84.9 Å². The summed E-state index contributed by atoms with van der Waals surface area (Å²) in [5.74, 6) is -1.07. The predicted molar refractivity (Wildman–Crippen MR) is 278 cm³/mol. The van der Waals surface area contributed by atoms with E-state index in [1.165, 1.54) is 6.07 Å². The molecule has 7 rings (SSSR count). The molecule has 2 saturated heterocycles. The normalized spacial score (nSPS) is 21.7. The number of piperazine rings is 1. The summed E-state index contributed by atoms with van der Waals surface area (Å²) in [4.78, 5) is 67.0. The number of carbonyl (C=O) groups is 4. The van der Waals surface area contributed by atoms with Crippen LogP contribution in [0.2, 0.25) is 0 Å². The van der Waals surface area contributed by atoms with Gasteiger partial charge in [0, 0.05) is 68.7 Å². The van der Waals surface area contributed by atoms with E-state index >= 15 is 0 Å². The fraction of sp³-hybridized carbons (Fsp3) is 0.536. The Hall–Kier alpha value is -5.87. The standard InChI is InChI=1S/C56H71F3N8O6S/c1-34(37-17-19-38(20-18-37)46-35(2)61-33-74-46)62-49(70)44-29-42(72-10)31-67(44)50(71)47(53(3,4)5)63-45(68)32-66-26-24-65(25-27-66)23-11-12-36-13-15-39(16-14-36)48(69)64-51-54(6,7)52(55(51,8)9)73-41-22-21-40(30-60)43(28-41)56(57,58)59/h13-22,28,33-34,42,44,47,51-52H,11-12,23-27,29,31-32H2,1-10H3,(H,62,70)(H,63,68)(H,64,69)/t34-,42+,44-,47+,51-,52-/m0/s1. The number of likely N-dealkylation sites (tertiary alicyclic amines) is 1. The van der Waals surface area contributed by atoms with Gasteiger partial charge in [-0.3, -0.25) is 24.1 Å². The summed E-state index contributed by atoms with van der Waals surface area (Å²) < 4.78 is 52.7. The molecule has 1 aliphatic carbocycles. The van der Waals surface area contributed by atoms with Crippen LogP contribution in [0.25, 0.3) is 10.4 Å². The Morgan fingerprint density at radius 1 is 0.919 bits per heavy atom. The molecule has 4 aromatic rings. The molecular weight excluding hydrogens is 970 g/mol. The number of amides is 4. The van der Waals surface area contributed by atoms with Crippen molar-refractivity contribution in [3.63, 3.8) is 0 Å². The molecule has 3 aromatic carbocycles. The maximum Gasteiger partial charge on any atom is 0.417 e. The first kappa shape index (κ1) is 55.9. The van der Waals surface area contributed by atoms with E-state index in [0.29, 0.717) is 25.1 Å². The Balaban J connectivity index is 0.844. The second kappa shape index (κ2) is 22.5. The fourth-order valence-electron chi connectivity index (χ4n) is 11.2. The van der Waals surface area contributed by atoms with Crippen LogP contribution in [0.3, 0.4) is 0 Å². The molecule has 2 aliphatic heterocycles. The second-order valence-corrected chi connectivity index (χ2v) is 23.2. The molecule has 74 heavy (non-hydrogen) atoms. The number of aryl methyl sites for hydroxylation is 2. The minimum atomic E-state index is -4.71. The third-order valence-corrected chi connectivity index (χ3v) is 16.1. The number of ether oxygens (including phenoxy) is 2. The Morgan fingerprint density at radius 3 is 2.15 bits per heavy atom. The number of nitriles is 1. The van der Waals surface area contributed by atoms with Crippen molar-refractivity contribution in [3.05, 3.63) is 106 Å². The number of aromatic nitrogens is 1. The zero-order valence-electron chi connectivity index (χ0n) is 44.2. The average molecular weight is 1040 g/mol. The fourth-order valence-corrected chi connectivity index (χ4v) is 12.0. The first-order valence-corrected chi connectivity index (χ1v) is 26.3. The van der Waals surface area contributed by atoms with Crippen LogP contribution >= 0.6 is 11.3 Å². The number of alkyl halides is 3. The van der Waals surface area contributed by atoms with Crippen molar-refractivity contribution in [2.45, 2.75) is 124 Å². The molecule has 18 heteroatoms. The summed E-state index contributed by atoms with van der Waals surface area (Å²) in [7, 11) is 1.58. The molecule has 0 radical (unpaired) electrons. The van der Waals surface area contributed by atoms with Crippen LogP contribution in [0, 0.1) is 34.5 Å². The SMILES string of the molecule is CO[C@@H]1C[C@@H](C(=O)N[C@@H](C)c2ccc(-c3scnc3C)cc2)N(C(=O)[C@@H](NC(=O)CN2CCN(CCCc3ccc(C(=O)N[C@H]4C(C)(C)[C@H](Oc5ccc(C#N)c(C(F)(F)F)c5)C4(C)C)cc3)CC2)C(C)(C)C)C1. The molecule has 0 bridgehead atoms. The number of nitrogens with zero attached hydrogens (tertiary/aromatic N) is 5. The van der Waals surface area contributed by atoms with Gasteiger partial charge in [-0.05, 0) is 85.7 Å². The molecule has 3 fully saturated rings. The van der Waals surface area contributed by atoms with Gasteiger partial charge in [-0.2, -0.15) is 18.4 Å². The molecule has 0 spiro atoms. The van der Waals surface area contributed by atoms with E-state index in [1.807, 2.05) is 104 Å². The molecule has 398 valence electrons. The van der Waals surface area contributed by atoms with Gasteiger partial charge in [-0.25, -0.2) is 4.98 Å². The van der Waals surface area contributed by atoms with Gasteiger partial charge >= 0.3 is 6.18 Å². The van der Waals surface area contributed by atoms with Gasteiger partial charge in [0.2, 0.25) is 17.7 Å². The molecule has 1 aromatic heterocycles. The summed E-state index contributed by atoms with van der Waals surface area (Å²) in [5, 5.41) is 18.5. The molecule has 3 heterocycles. The average Bonchev–Trinajstić information content (AvgIpc) is 4.00. The quantitative estimate of drug-likeness (QED) is 0.0938. The van der Waals surface area contributed by atoms with Gasteiger partial charge in [0.05, 0.1) is 52.0 Å². The zero-order chi connectivity index (χ0) is 53.9. The van der Waals surface area contributed by atoms with Gasteiger partial charge in [0.25, 0.3) is 5.91 Å². The van der Waals surface area contributed by atoms with Crippen LogP contribution in [0.4, 0.5) is 13.2 Å². The van der Waals surface area contributed by atoms with Gasteiger partial charge in [0.15, 0.2) is 0 Å². The maximum atomic E-state index is 14.4. The predicted octanol–water partition coefficient (Wildman–Crippen LogP) is 8.20. The third-order valence-electron chi connectivity index (χ3n) is 15.2. The lowest BCUT2D eigenvalue weighted by Gasteiger charge is -2.63. The molecule has 0 unspecified atom stereocenters. The number of methoxy groups -OCH3 is 1. The van der Waals surface area contributed by atoms with Crippen molar-refractivity contribution < 1.29 is 41.8 Å². The van der Waals surface area contributed by atoms with Crippen molar-refractivity contribution in [1.82, 2.24) is 35.6 Å². The lowest BCUT2D eigenvalue weighted by molar-refractivity contribution is -0.164. The highest BCUT2D eigenvalue weighted by molar-refractivity contribution is 7.13. The van der Waals surface area contributed by atoms with E-state index in [0.717, 1.165) is 71.9 Å². The van der Waals surface area contributed by atoms with Crippen LogP contribution in [0.5, 0.6) is 5.75 Å². The molecule has 3 aliphatic rings. The van der Waals surface area contributed by atoms with E-state index in [-0.39, 0.29) is 60.7 Å². The number of nitrogens with one attached hydrogen (secondary N) is 3. The number of halogens is 3. The number of benzene rings is 3. The van der Waals surface area contributed by atoms with Crippen molar-refractivity contribution in [1.29, 1.82) is 5.26 Å². The van der Waals surface area contributed by atoms with Gasteiger partial charge < -0.3 is 35.2 Å². The topological polar surface area (TPSA) is 169 Å². The monoisotopic (exact) mass is 1040 g/mol. The number of rotatable bonds is 17. The second-order valence-electron chi connectivity index (χ2n) is 22.4. The van der Waals surface area contributed by atoms with E-state index in [9.17, 15) is 37.6 Å². The maximum absolute atomic E-state index is 14.4. The van der Waals surface area contributed by atoms with Crippen LogP contribution in [-0.4, -0.2) is 127 Å². The summed E-state index contributed by atoms with van der Waals surface area (Å²) in [6.07, 6.45) is -3.50. The lowest BCUT2D eigenvalue weighted by Crippen LogP contribution is -2.74. The van der Waals surface area contributed by atoms with Crippen LogP contribution in [0.1, 0.15) is 113 Å². The van der Waals surface area contributed by atoms with E-state index in [1.54, 1.807) is 41.5 Å².